The number of ether oxygens (including phenoxy) is 2. The maximum atomic E-state index is 12.4. The molecule has 31 heavy (non-hydrogen) atoms. The Bertz CT molecular complexity index is 842. The highest BCUT2D eigenvalue weighted by Crippen LogP contribution is 2.30. The molecular weight excluding hydrogens is 394 g/mol. The SMILES string of the molecule is CCOc1ccc(NC(=O)CN(C)CCC(=O)NC(C)c2ccccc2)cc1OCC. The molecule has 168 valence electrons. The van der Waals surface area contributed by atoms with Crippen molar-refractivity contribution in [2.75, 3.05) is 38.7 Å². The van der Waals surface area contributed by atoms with Crippen molar-refractivity contribution in [1.82, 2.24) is 10.2 Å². The van der Waals surface area contributed by atoms with Crippen LogP contribution in [0.4, 0.5) is 5.69 Å². The lowest BCUT2D eigenvalue weighted by atomic mass is 10.1. The normalized spacial score (nSPS) is 11.6. The second kappa shape index (κ2) is 12.6. The van der Waals surface area contributed by atoms with Crippen molar-refractivity contribution in [3.8, 4) is 11.5 Å². The summed E-state index contributed by atoms with van der Waals surface area (Å²) in [5.74, 6) is 1.04. The molecule has 0 aliphatic carbocycles. The highest BCUT2D eigenvalue weighted by molar-refractivity contribution is 5.92. The molecule has 0 saturated heterocycles. The Morgan fingerprint density at radius 3 is 2.32 bits per heavy atom. The molecule has 0 spiro atoms. The number of hydrogen-bond acceptors (Lipinski definition) is 5. The zero-order chi connectivity index (χ0) is 22.6. The molecule has 0 radical (unpaired) electrons. The Morgan fingerprint density at radius 1 is 0.968 bits per heavy atom. The molecule has 0 aromatic heterocycles. The smallest absolute Gasteiger partial charge is 0.238 e. The average Bonchev–Trinajstić information content (AvgIpc) is 2.75. The molecular formula is C24H33N3O4. The Kier molecular flexibility index (Phi) is 9.84. The minimum Gasteiger partial charge on any atom is -0.490 e. The van der Waals surface area contributed by atoms with Gasteiger partial charge in [0.25, 0.3) is 0 Å². The Morgan fingerprint density at radius 2 is 1.65 bits per heavy atom. The molecule has 0 fully saturated rings. The van der Waals surface area contributed by atoms with Gasteiger partial charge in [0.2, 0.25) is 11.8 Å². The first-order valence-corrected chi connectivity index (χ1v) is 10.6. The number of carbonyl (C=O) groups is 2. The summed E-state index contributed by atoms with van der Waals surface area (Å²) in [6.07, 6.45) is 0.318. The summed E-state index contributed by atoms with van der Waals surface area (Å²) in [5.41, 5.74) is 1.70. The molecule has 2 N–H and O–H groups in total. The molecule has 2 rings (SSSR count). The molecule has 0 aliphatic rings. The zero-order valence-corrected chi connectivity index (χ0v) is 18.8. The van der Waals surface area contributed by atoms with Crippen LogP contribution in [0, 0.1) is 0 Å². The Labute approximate surface area is 184 Å². The molecule has 2 amide bonds. The molecule has 1 atom stereocenters. The van der Waals surface area contributed by atoms with Crippen LogP contribution in [0.5, 0.6) is 11.5 Å². The van der Waals surface area contributed by atoms with E-state index in [1.165, 1.54) is 0 Å². The van der Waals surface area contributed by atoms with Gasteiger partial charge in [-0.2, -0.15) is 0 Å². The lowest BCUT2D eigenvalue weighted by Crippen LogP contribution is -2.34. The molecule has 2 aromatic carbocycles. The minimum atomic E-state index is -0.160. The van der Waals surface area contributed by atoms with E-state index < -0.39 is 0 Å². The van der Waals surface area contributed by atoms with Gasteiger partial charge in [-0.05, 0) is 45.5 Å². The van der Waals surface area contributed by atoms with E-state index in [9.17, 15) is 9.59 Å². The summed E-state index contributed by atoms with van der Waals surface area (Å²) in [7, 11) is 1.82. The lowest BCUT2D eigenvalue weighted by Gasteiger charge is -2.18. The predicted octanol–water partition coefficient (Wildman–Crippen LogP) is 3.62. The fourth-order valence-electron chi connectivity index (χ4n) is 3.08. The average molecular weight is 428 g/mol. The Hall–Kier alpha value is -3.06. The second-order valence-electron chi connectivity index (χ2n) is 7.26. The molecule has 1 unspecified atom stereocenters. The largest absolute Gasteiger partial charge is 0.490 e. The van der Waals surface area contributed by atoms with Gasteiger partial charge in [0.1, 0.15) is 0 Å². The third kappa shape index (κ3) is 8.30. The van der Waals surface area contributed by atoms with Crippen LogP contribution in [0.15, 0.2) is 48.5 Å². The van der Waals surface area contributed by atoms with Crippen LogP contribution in [0.1, 0.15) is 38.8 Å². The number of benzene rings is 2. The van der Waals surface area contributed by atoms with Crippen LogP contribution in [0.25, 0.3) is 0 Å². The van der Waals surface area contributed by atoms with Gasteiger partial charge in [-0.3, -0.25) is 14.5 Å². The van der Waals surface area contributed by atoms with Gasteiger partial charge >= 0.3 is 0 Å². The van der Waals surface area contributed by atoms with E-state index in [1.807, 2.05) is 63.1 Å². The number of nitrogens with zero attached hydrogens (tertiary/aromatic N) is 1. The number of nitrogens with one attached hydrogen (secondary N) is 2. The fraction of sp³-hybridized carbons (Fsp3) is 0.417. The van der Waals surface area contributed by atoms with Gasteiger partial charge in [-0.1, -0.05) is 30.3 Å². The van der Waals surface area contributed by atoms with Crippen LogP contribution in [0.2, 0.25) is 0 Å². The summed E-state index contributed by atoms with van der Waals surface area (Å²) in [6, 6.07) is 15.1. The van der Waals surface area contributed by atoms with E-state index in [2.05, 4.69) is 10.6 Å². The number of likely N-dealkylation sites (N-methyl/N-ethyl adjacent to an activating group) is 1. The first kappa shape index (κ1) is 24.2. The zero-order valence-electron chi connectivity index (χ0n) is 18.8. The van der Waals surface area contributed by atoms with Crippen molar-refractivity contribution in [3.63, 3.8) is 0 Å². The van der Waals surface area contributed by atoms with E-state index >= 15 is 0 Å². The number of rotatable bonds is 12. The summed E-state index contributed by atoms with van der Waals surface area (Å²) in [5, 5.41) is 5.85. The van der Waals surface area contributed by atoms with E-state index in [1.54, 1.807) is 18.2 Å². The molecule has 0 heterocycles. The topological polar surface area (TPSA) is 79.9 Å². The minimum absolute atomic E-state index is 0.0449. The van der Waals surface area contributed by atoms with Crippen molar-refractivity contribution >= 4 is 17.5 Å². The molecule has 0 aliphatic heterocycles. The highest BCUT2D eigenvalue weighted by atomic mass is 16.5. The second-order valence-corrected chi connectivity index (χ2v) is 7.26. The Balaban J connectivity index is 1.79. The van der Waals surface area contributed by atoms with Crippen LogP contribution in [0.3, 0.4) is 0 Å². The summed E-state index contributed by atoms with van der Waals surface area (Å²) < 4.78 is 11.1. The summed E-state index contributed by atoms with van der Waals surface area (Å²) >= 11 is 0. The maximum Gasteiger partial charge on any atom is 0.238 e. The third-order valence-electron chi connectivity index (χ3n) is 4.64. The van der Waals surface area contributed by atoms with E-state index in [0.29, 0.717) is 43.4 Å². The summed E-state index contributed by atoms with van der Waals surface area (Å²) in [6.45, 7) is 7.46. The number of carbonyl (C=O) groups excluding carboxylic acids is 2. The number of amides is 2. The monoisotopic (exact) mass is 427 g/mol. The number of anilines is 1. The number of hydrogen-bond donors (Lipinski definition) is 2. The van der Waals surface area contributed by atoms with E-state index in [4.69, 9.17) is 9.47 Å². The highest BCUT2D eigenvalue weighted by Gasteiger charge is 2.13. The first-order valence-electron chi connectivity index (χ1n) is 10.6. The lowest BCUT2D eigenvalue weighted by molar-refractivity contribution is -0.123. The van der Waals surface area contributed by atoms with Crippen molar-refractivity contribution in [2.24, 2.45) is 0 Å². The third-order valence-corrected chi connectivity index (χ3v) is 4.64. The van der Waals surface area contributed by atoms with Gasteiger partial charge in [0, 0.05) is 24.7 Å². The van der Waals surface area contributed by atoms with Crippen LogP contribution in [-0.2, 0) is 9.59 Å². The van der Waals surface area contributed by atoms with Gasteiger partial charge in [-0.15, -0.1) is 0 Å². The predicted molar refractivity (Wildman–Crippen MR) is 123 cm³/mol. The molecule has 7 heteroatoms. The van der Waals surface area contributed by atoms with E-state index in [0.717, 1.165) is 5.56 Å². The van der Waals surface area contributed by atoms with Crippen LogP contribution < -0.4 is 20.1 Å². The van der Waals surface area contributed by atoms with Gasteiger partial charge in [-0.25, -0.2) is 0 Å². The molecule has 7 nitrogen and oxygen atoms in total. The van der Waals surface area contributed by atoms with Crippen molar-refractivity contribution in [3.05, 3.63) is 54.1 Å². The standard InChI is InChI=1S/C24H33N3O4/c1-5-30-21-13-12-20(16-22(21)31-6-2)26-24(29)17-27(4)15-14-23(28)25-18(3)19-10-8-7-9-11-19/h7-13,16,18H,5-6,14-15,17H2,1-4H3,(H,25,28)(H,26,29). The van der Waals surface area contributed by atoms with E-state index in [-0.39, 0.29) is 24.4 Å². The fourth-order valence-corrected chi connectivity index (χ4v) is 3.08. The maximum absolute atomic E-state index is 12.4. The van der Waals surface area contributed by atoms with Crippen LogP contribution in [-0.4, -0.2) is 50.1 Å². The molecule has 0 saturated carbocycles. The first-order chi connectivity index (χ1) is 14.9. The quantitative estimate of drug-likeness (QED) is 0.541. The van der Waals surface area contributed by atoms with Crippen LogP contribution >= 0.6 is 0 Å². The van der Waals surface area contributed by atoms with Crippen molar-refractivity contribution in [2.45, 2.75) is 33.2 Å². The van der Waals surface area contributed by atoms with Crippen molar-refractivity contribution in [1.29, 1.82) is 0 Å². The van der Waals surface area contributed by atoms with Gasteiger partial charge < -0.3 is 20.1 Å². The molecule has 2 aromatic rings. The van der Waals surface area contributed by atoms with Gasteiger partial charge in [0.05, 0.1) is 25.8 Å². The summed E-state index contributed by atoms with van der Waals surface area (Å²) in [4.78, 5) is 26.4. The van der Waals surface area contributed by atoms with Gasteiger partial charge in [0.15, 0.2) is 11.5 Å². The molecule has 0 bridgehead atoms. The van der Waals surface area contributed by atoms with Crippen molar-refractivity contribution < 1.29 is 19.1 Å².